The lowest BCUT2D eigenvalue weighted by Crippen LogP contribution is -2.21. The molecule has 0 aromatic rings. The van der Waals surface area contributed by atoms with Gasteiger partial charge in [0.25, 0.3) is 0 Å². The van der Waals surface area contributed by atoms with E-state index in [-0.39, 0.29) is 17.3 Å². The van der Waals surface area contributed by atoms with Gasteiger partial charge in [-0.05, 0) is 18.3 Å². The molecule has 0 rings (SSSR count). The SMILES string of the molecule is CCCOC(=O)C(C)CC(C)(C)C. The van der Waals surface area contributed by atoms with Crippen molar-refractivity contribution < 1.29 is 9.53 Å². The Labute approximate surface area is 81.7 Å². The quantitative estimate of drug-likeness (QED) is 0.631. The van der Waals surface area contributed by atoms with Crippen molar-refractivity contribution in [1.29, 1.82) is 0 Å². The molecule has 0 aliphatic rings. The molecule has 0 aliphatic heterocycles. The smallest absolute Gasteiger partial charge is 0.308 e. The molecule has 0 saturated carbocycles. The Morgan fingerprint density at radius 3 is 2.31 bits per heavy atom. The van der Waals surface area contributed by atoms with Crippen LogP contribution in [0, 0.1) is 11.3 Å². The average molecular weight is 186 g/mol. The molecule has 0 amide bonds. The van der Waals surface area contributed by atoms with Crippen LogP contribution in [0.5, 0.6) is 0 Å². The van der Waals surface area contributed by atoms with Gasteiger partial charge < -0.3 is 4.74 Å². The van der Waals surface area contributed by atoms with E-state index in [2.05, 4.69) is 20.8 Å². The first-order chi connectivity index (χ1) is 5.87. The minimum Gasteiger partial charge on any atom is -0.465 e. The standard InChI is InChI=1S/C11H22O2/c1-6-7-13-10(12)9(2)8-11(3,4)5/h9H,6-8H2,1-5H3. The largest absolute Gasteiger partial charge is 0.465 e. The molecule has 1 atom stereocenters. The molecule has 0 aliphatic carbocycles. The molecule has 0 N–H and O–H groups in total. The number of hydrogen-bond donors (Lipinski definition) is 0. The average Bonchev–Trinajstić information content (AvgIpc) is 1.96. The number of rotatable bonds is 4. The summed E-state index contributed by atoms with van der Waals surface area (Å²) >= 11 is 0. The van der Waals surface area contributed by atoms with Crippen molar-refractivity contribution in [2.24, 2.45) is 11.3 Å². The fraction of sp³-hybridized carbons (Fsp3) is 0.909. The summed E-state index contributed by atoms with van der Waals surface area (Å²) in [6.45, 7) is 10.9. The number of carbonyl (C=O) groups is 1. The first kappa shape index (κ1) is 12.5. The van der Waals surface area contributed by atoms with Crippen LogP contribution in [0.25, 0.3) is 0 Å². The molecule has 0 saturated heterocycles. The molecule has 0 heterocycles. The van der Waals surface area contributed by atoms with Crippen molar-refractivity contribution in [2.45, 2.75) is 47.5 Å². The molecule has 0 bridgehead atoms. The van der Waals surface area contributed by atoms with Crippen molar-refractivity contribution in [1.82, 2.24) is 0 Å². The van der Waals surface area contributed by atoms with E-state index >= 15 is 0 Å². The molecular weight excluding hydrogens is 164 g/mol. The van der Waals surface area contributed by atoms with E-state index in [1.807, 2.05) is 13.8 Å². The molecule has 2 heteroatoms. The highest BCUT2D eigenvalue weighted by molar-refractivity contribution is 5.71. The van der Waals surface area contributed by atoms with Crippen molar-refractivity contribution in [3.63, 3.8) is 0 Å². The second kappa shape index (κ2) is 5.25. The zero-order valence-electron chi connectivity index (χ0n) is 9.52. The lowest BCUT2D eigenvalue weighted by Gasteiger charge is -2.21. The molecule has 2 nitrogen and oxygen atoms in total. The van der Waals surface area contributed by atoms with Crippen molar-refractivity contribution in [2.75, 3.05) is 6.61 Å². The van der Waals surface area contributed by atoms with Gasteiger partial charge in [0.05, 0.1) is 12.5 Å². The fourth-order valence-corrected chi connectivity index (χ4v) is 1.35. The third-order valence-electron chi connectivity index (χ3n) is 1.77. The van der Waals surface area contributed by atoms with E-state index in [1.165, 1.54) is 0 Å². The number of esters is 1. The Bertz CT molecular complexity index is 156. The van der Waals surface area contributed by atoms with Crippen LogP contribution >= 0.6 is 0 Å². The van der Waals surface area contributed by atoms with Gasteiger partial charge >= 0.3 is 5.97 Å². The number of hydrogen-bond acceptors (Lipinski definition) is 2. The summed E-state index contributed by atoms with van der Waals surface area (Å²) in [5.74, 6) is -0.0386. The van der Waals surface area contributed by atoms with Crippen LogP contribution in [0.15, 0.2) is 0 Å². The monoisotopic (exact) mass is 186 g/mol. The maximum absolute atomic E-state index is 11.4. The molecule has 0 fully saturated rings. The first-order valence-electron chi connectivity index (χ1n) is 5.03. The molecule has 13 heavy (non-hydrogen) atoms. The summed E-state index contributed by atoms with van der Waals surface area (Å²) in [4.78, 5) is 11.4. The third-order valence-corrected chi connectivity index (χ3v) is 1.77. The normalized spacial score (nSPS) is 13.9. The van der Waals surface area contributed by atoms with Gasteiger partial charge in [0.1, 0.15) is 0 Å². The van der Waals surface area contributed by atoms with E-state index in [0.29, 0.717) is 6.61 Å². The predicted octanol–water partition coefficient (Wildman–Crippen LogP) is 3.01. The summed E-state index contributed by atoms with van der Waals surface area (Å²) in [5.41, 5.74) is 0.199. The Balaban J connectivity index is 3.83. The van der Waals surface area contributed by atoms with Gasteiger partial charge in [-0.2, -0.15) is 0 Å². The fourth-order valence-electron chi connectivity index (χ4n) is 1.35. The van der Waals surface area contributed by atoms with Gasteiger partial charge in [-0.1, -0.05) is 34.6 Å². The molecular formula is C11H22O2. The summed E-state index contributed by atoms with van der Waals surface area (Å²) in [6.07, 6.45) is 1.78. The highest BCUT2D eigenvalue weighted by Crippen LogP contribution is 2.24. The van der Waals surface area contributed by atoms with Crippen molar-refractivity contribution in [3.8, 4) is 0 Å². The summed E-state index contributed by atoms with van der Waals surface area (Å²) in [6, 6.07) is 0. The second-order valence-electron chi connectivity index (χ2n) is 4.83. The first-order valence-corrected chi connectivity index (χ1v) is 5.03. The van der Waals surface area contributed by atoms with E-state index in [1.54, 1.807) is 0 Å². The van der Waals surface area contributed by atoms with E-state index in [9.17, 15) is 4.79 Å². The summed E-state index contributed by atoms with van der Waals surface area (Å²) in [7, 11) is 0. The van der Waals surface area contributed by atoms with Crippen LogP contribution in [0.3, 0.4) is 0 Å². The van der Waals surface area contributed by atoms with Crippen LogP contribution in [0.1, 0.15) is 47.5 Å². The van der Waals surface area contributed by atoms with Crippen LogP contribution in [-0.4, -0.2) is 12.6 Å². The van der Waals surface area contributed by atoms with Gasteiger partial charge in [-0.3, -0.25) is 4.79 Å². The van der Waals surface area contributed by atoms with Crippen LogP contribution in [0.2, 0.25) is 0 Å². The lowest BCUT2D eigenvalue weighted by molar-refractivity contribution is -0.148. The maximum atomic E-state index is 11.4. The molecule has 0 radical (unpaired) electrons. The van der Waals surface area contributed by atoms with E-state index in [0.717, 1.165) is 12.8 Å². The number of carbonyl (C=O) groups excluding carboxylic acids is 1. The Kier molecular flexibility index (Phi) is 5.04. The molecule has 0 aromatic carbocycles. The third kappa shape index (κ3) is 6.62. The highest BCUT2D eigenvalue weighted by atomic mass is 16.5. The van der Waals surface area contributed by atoms with Crippen LogP contribution < -0.4 is 0 Å². The molecule has 0 spiro atoms. The second-order valence-corrected chi connectivity index (χ2v) is 4.83. The zero-order valence-corrected chi connectivity index (χ0v) is 9.52. The topological polar surface area (TPSA) is 26.3 Å². The van der Waals surface area contributed by atoms with Crippen LogP contribution in [-0.2, 0) is 9.53 Å². The minimum absolute atomic E-state index is 0.0200. The number of ether oxygens (including phenoxy) is 1. The predicted molar refractivity (Wildman–Crippen MR) is 54.5 cm³/mol. The van der Waals surface area contributed by atoms with Gasteiger partial charge in [-0.25, -0.2) is 0 Å². The Hall–Kier alpha value is -0.530. The van der Waals surface area contributed by atoms with Crippen molar-refractivity contribution in [3.05, 3.63) is 0 Å². The van der Waals surface area contributed by atoms with Gasteiger partial charge in [-0.15, -0.1) is 0 Å². The summed E-state index contributed by atoms with van der Waals surface area (Å²) in [5, 5.41) is 0. The molecule has 1 unspecified atom stereocenters. The van der Waals surface area contributed by atoms with Gasteiger partial charge in [0, 0.05) is 0 Å². The van der Waals surface area contributed by atoms with E-state index < -0.39 is 0 Å². The molecule has 78 valence electrons. The van der Waals surface area contributed by atoms with Gasteiger partial charge in [0.15, 0.2) is 0 Å². The summed E-state index contributed by atoms with van der Waals surface area (Å²) < 4.78 is 5.06. The lowest BCUT2D eigenvalue weighted by atomic mass is 9.85. The van der Waals surface area contributed by atoms with Crippen LogP contribution in [0.4, 0.5) is 0 Å². The zero-order chi connectivity index (χ0) is 10.5. The highest BCUT2D eigenvalue weighted by Gasteiger charge is 2.21. The van der Waals surface area contributed by atoms with Crippen molar-refractivity contribution >= 4 is 5.97 Å². The minimum atomic E-state index is -0.0585. The molecule has 0 aromatic heterocycles. The Morgan fingerprint density at radius 2 is 1.92 bits per heavy atom. The van der Waals surface area contributed by atoms with Gasteiger partial charge in [0.2, 0.25) is 0 Å². The Morgan fingerprint density at radius 1 is 1.38 bits per heavy atom. The maximum Gasteiger partial charge on any atom is 0.308 e. The van der Waals surface area contributed by atoms with E-state index in [4.69, 9.17) is 4.74 Å².